The highest BCUT2D eigenvalue weighted by Gasteiger charge is 2.12. The SMILES string of the molecule is Cc1cc(C)c(Oc2nc(N)nc(Nc3cc(F)cc(F)c3)n2)c(C)c1. The monoisotopic (exact) mass is 357 g/mol. The zero-order valence-electron chi connectivity index (χ0n) is 14.5. The summed E-state index contributed by atoms with van der Waals surface area (Å²) in [5, 5.41) is 2.69. The van der Waals surface area contributed by atoms with Gasteiger partial charge in [0.05, 0.1) is 0 Å². The molecule has 0 saturated heterocycles. The highest BCUT2D eigenvalue weighted by atomic mass is 19.1. The maximum absolute atomic E-state index is 13.3. The smallest absolute Gasteiger partial charge is 0.328 e. The van der Waals surface area contributed by atoms with Crippen molar-refractivity contribution in [3.8, 4) is 11.8 Å². The van der Waals surface area contributed by atoms with E-state index >= 15 is 0 Å². The minimum Gasteiger partial charge on any atom is -0.424 e. The molecule has 6 nitrogen and oxygen atoms in total. The van der Waals surface area contributed by atoms with Crippen LogP contribution in [0.2, 0.25) is 0 Å². The molecule has 0 amide bonds. The number of halogens is 2. The van der Waals surface area contributed by atoms with Crippen LogP contribution in [0.4, 0.5) is 26.4 Å². The number of aryl methyl sites for hydroxylation is 3. The van der Waals surface area contributed by atoms with Crippen LogP contribution < -0.4 is 15.8 Å². The van der Waals surface area contributed by atoms with E-state index in [4.69, 9.17) is 10.5 Å². The van der Waals surface area contributed by atoms with E-state index < -0.39 is 11.6 Å². The Bertz CT molecular complexity index is 935. The number of hydrogen-bond donors (Lipinski definition) is 2. The van der Waals surface area contributed by atoms with E-state index in [2.05, 4.69) is 20.3 Å². The topological polar surface area (TPSA) is 86.0 Å². The average Bonchev–Trinajstić information content (AvgIpc) is 2.49. The molecule has 0 radical (unpaired) electrons. The Morgan fingerprint density at radius 1 is 0.885 bits per heavy atom. The lowest BCUT2D eigenvalue weighted by Crippen LogP contribution is -2.06. The summed E-state index contributed by atoms with van der Waals surface area (Å²) in [5.41, 5.74) is 8.79. The van der Waals surface area contributed by atoms with Gasteiger partial charge in [-0.05, 0) is 44.0 Å². The lowest BCUT2D eigenvalue weighted by atomic mass is 10.1. The number of nitrogens with one attached hydrogen (secondary N) is 1. The Labute approximate surface area is 149 Å². The van der Waals surface area contributed by atoms with Crippen LogP contribution in [0.15, 0.2) is 30.3 Å². The first-order valence-corrected chi connectivity index (χ1v) is 7.80. The third-order valence-electron chi connectivity index (χ3n) is 3.55. The second-order valence-electron chi connectivity index (χ2n) is 5.91. The molecule has 0 atom stereocenters. The van der Waals surface area contributed by atoms with Crippen LogP contribution in [0.3, 0.4) is 0 Å². The highest BCUT2D eigenvalue weighted by Crippen LogP contribution is 2.29. The number of benzene rings is 2. The molecule has 0 bridgehead atoms. The molecule has 3 rings (SSSR count). The molecule has 3 aromatic rings. The van der Waals surface area contributed by atoms with Gasteiger partial charge in [0.1, 0.15) is 17.4 Å². The van der Waals surface area contributed by atoms with E-state index in [0.29, 0.717) is 5.75 Å². The Kier molecular flexibility index (Phi) is 4.66. The normalized spacial score (nSPS) is 10.7. The van der Waals surface area contributed by atoms with Gasteiger partial charge in [0.2, 0.25) is 11.9 Å². The number of rotatable bonds is 4. The summed E-state index contributed by atoms with van der Waals surface area (Å²) < 4.78 is 32.4. The number of anilines is 3. The first-order chi connectivity index (χ1) is 12.3. The first kappa shape index (κ1) is 17.5. The van der Waals surface area contributed by atoms with Gasteiger partial charge in [-0.2, -0.15) is 15.0 Å². The van der Waals surface area contributed by atoms with Crippen LogP contribution in [0, 0.1) is 32.4 Å². The van der Waals surface area contributed by atoms with Crippen molar-refractivity contribution in [2.45, 2.75) is 20.8 Å². The molecule has 0 unspecified atom stereocenters. The maximum Gasteiger partial charge on any atom is 0.328 e. The third-order valence-corrected chi connectivity index (χ3v) is 3.55. The fourth-order valence-corrected chi connectivity index (χ4v) is 2.65. The van der Waals surface area contributed by atoms with Gasteiger partial charge in [0.25, 0.3) is 0 Å². The molecule has 0 aliphatic rings. The van der Waals surface area contributed by atoms with Crippen molar-refractivity contribution in [3.63, 3.8) is 0 Å². The zero-order valence-corrected chi connectivity index (χ0v) is 14.5. The molecule has 26 heavy (non-hydrogen) atoms. The molecule has 2 aromatic carbocycles. The maximum atomic E-state index is 13.3. The summed E-state index contributed by atoms with van der Waals surface area (Å²) in [6.45, 7) is 5.81. The van der Waals surface area contributed by atoms with Crippen molar-refractivity contribution >= 4 is 17.6 Å². The quantitative estimate of drug-likeness (QED) is 0.728. The van der Waals surface area contributed by atoms with Gasteiger partial charge >= 0.3 is 6.01 Å². The molecule has 8 heteroatoms. The van der Waals surface area contributed by atoms with E-state index in [1.807, 2.05) is 32.9 Å². The van der Waals surface area contributed by atoms with Gasteiger partial charge in [-0.15, -0.1) is 0 Å². The predicted octanol–water partition coefficient (Wildman–Crippen LogP) is 4.19. The summed E-state index contributed by atoms with van der Waals surface area (Å²) in [5.74, 6) is -0.908. The number of nitrogen functional groups attached to an aromatic ring is 1. The number of ether oxygens (including phenoxy) is 1. The molecule has 0 aliphatic carbocycles. The van der Waals surface area contributed by atoms with Crippen LogP contribution in [0.25, 0.3) is 0 Å². The van der Waals surface area contributed by atoms with Crippen molar-refractivity contribution in [1.82, 2.24) is 15.0 Å². The van der Waals surface area contributed by atoms with E-state index in [0.717, 1.165) is 34.9 Å². The molecule has 1 heterocycles. The summed E-state index contributed by atoms with van der Waals surface area (Å²) in [6.07, 6.45) is 0. The van der Waals surface area contributed by atoms with Crippen LogP contribution in [-0.4, -0.2) is 15.0 Å². The van der Waals surface area contributed by atoms with Crippen molar-refractivity contribution in [1.29, 1.82) is 0 Å². The van der Waals surface area contributed by atoms with Crippen LogP contribution in [0.5, 0.6) is 11.8 Å². The van der Waals surface area contributed by atoms with Crippen LogP contribution >= 0.6 is 0 Å². The van der Waals surface area contributed by atoms with Crippen molar-refractivity contribution in [3.05, 3.63) is 58.7 Å². The van der Waals surface area contributed by atoms with Crippen molar-refractivity contribution in [2.75, 3.05) is 11.1 Å². The fourth-order valence-electron chi connectivity index (χ4n) is 2.65. The molecule has 0 saturated carbocycles. The number of aromatic nitrogens is 3. The van der Waals surface area contributed by atoms with Crippen molar-refractivity contribution < 1.29 is 13.5 Å². The van der Waals surface area contributed by atoms with Crippen molar-refractivity contribution in [2.24, 2.45) is 0 Å². The second-order valence-corrected chi connectivity index (χ2v) is 5.91. The predicted molar refractivity (Wildman–Crippen MR) is 94.6 cm³/mol. The van der Waals surface area contributed by atoms with E-state index in [9.17, 15) is 8.78 Å². The Hall–Kier alpha value is -3.29. The minimum absolute atomic E-state index is 0.0138. The molecular formula is C18H17F2N5O. The van der Waals surface area contributed by atoms with E-state index in [1.165, 1.54) is 0 Å². The Morgan fingerprint density at radius 2 is 1.50 bits per heavy atom. The average molecular weight is 357 g/mol. The van der Waals surface area contributed by atoms with E-state index in [-0.39, 0.29) is 23.6 Å². The Morgan fingerprint density at radius 3 is 2.12 bits per heavy atom. The fraction of sp³-hybridized carbons (Fsp3) is 0.167. The summed E-state index contributed by atoms with van der Waals surface area (Å²) in [6, 6.07) is 6.91. The molecule has 3 N–H and O–H groups in total. The minimum atomic E-state index is -0.725. The lowest BCUT2D eigenvalue weighted by Gasteiger charge is -2.12. The van der Waals surface area contributed by atoms with Gasteiger partial charge in [0.15, 0.2) is 0 Å². The first-order valence-electron chi connectivity index (χ1n) is 7.80. The van der Waals surface area contributed by atoms with Gasteiger partial charge in [-0.1, -0.05) is 17.7 Å². The largest absolute Gasteiger partial charge is 0.424 e. The van der Waals surface area contributed by atoms with E-state index in [1.54, 1.807) is 0 Å². The summed E-state index contributed by atoms with van der Waals surface area (Å²) in [7, 11) is 0. The zero-order chi connectivity index (χ0) is 18.8. The molecule has 0 aliphatic heterocycles. The van der Waals surface area contributed by atoms with Crippen LogP contribution in [-0.2, 0) is 0 Å². The molecule has 0 spiro atoms. The van der Waals surface area contributed by atoms with Gasteiger partial charge < -0.3 is 15.8 Å². The number of nitrogens with zero attached hydrogens (tertiary/aromatic N) is 3. The number of hydrogen-bond acceptors (Lipinski definition) is 6. The Balaban J connectivity index is 1.91. The third kappa shape index (κ3) is 4.02. The molecule has 0 fully saturated rings. The molecule has 1 aromatic heterocycles. The van der Waals surface area contributed by atoms with Crippen LogP contribution in [0.1, 0.15) is 16.7 Å². The van der Waals surface area contributed by atoms with Gasteiger partial charge in [0, 0.05) is 11.8 Å². The second kappa shape index (κ2) is 6.91. The summed E-state index contributed by atoms with van der Waals surface area (Å²) >= 11 is 0. The summed E-state index contributed by atoms with van der Waals surface area (Å²) in [4.78, 5) is 12.0. The number of nitrogens with two attached hydrogens (primary N) is 1. The van der Waals surface area contributed by atoms with Gasteiger partial charge in [-0.3, -0.25) is 0 Å². The molecular weight excluding hydrogens is 340 g/mol. The molecule has 134 valence electrons. The highest BCUT2D eigenvalue weighted by molar-refractivity contribution is 5.54. The lowest BCUT2D eigenvalue weighted by molar-refractivity contribution is 0.435. The van der Waals surface area contributed by atoms with Gasteiger partial charge in [-0.25, -0.2) is 8.78 Å². The standard InChI is InChI=1S/C18H17F2N5O/c1-9-4-10(2)15(11(3)5-9)26-18-24-16(21)23-17(25-18)22-14-7-12(19)6-13(20)8-14/h4-8H,1-3H3,(H3,21,22,23,24,25).